The van der Waals surface area contributed by atoms with Crippen molar-refractivity contribution in [2.24, 2.45) is 17.6 Å². The van der Waals surface area contributed by atoms with Crippen LogP contribution < -0.4 is 16.0 Å². The fourth-order valence-electron chi connectivity index (χ4n) is 6.01. The van der Waals surface area contributed by atoms with E-state index in [9.17, 15) is 39.6 Å². The fraction of sp³-hybridized carbons (Fsp3) is 0.385. The summed E-state index contributed by atoms with van der Waals surface area (Å²) >= 11 is 0. The molecule has 39 heavy (non-hydrogen) atoms. The average molecular weight is 543 g/mol. The summed E-state index contributed by atoms with van der Waals surface area (Å²) in [6.45, 7) is 3.29. The molecule has 0 radical (unpaired) electrons. The third-order valence-electron chi connectivity index (χ3n) is 7.61. The lowest BCUT2D eigenvalue weighted by Crippen LogP contribution is -2.63. The van der Waals surface area contributed by atoms with Crippen LogP contribution in [-0.2, 0) is 20.7 Å². The Kier molecular flexibility index (Phi) is 6.69. The zero-order valence-electron chi connectivity index (χ0n) is 21.8. The van der Waals surface area contributed by atoms with Crippen molar-refractivity contribution in [1.29, 1.82) is 0 Å². The van der Waals surface area contributed by atoms with Crippen LogP contribution in [0.25, 0.3) is 0 Å². The lowest BCUT2D eigenvalue weighted by atomic mass is 9.58. The Balaban J connectivity index is 1.95. The highest BCUT2D eigenvalue weighted by Crippen LogP contribution is 2.53. The minimum absolute atomic E-state index is 0.0367. The standard InChI is InChI=1S/C26H30N4O9/c1-6-39-25(37)28-13-9-14(29(2)3)11-7-10-8-12-18(30(4)5)21(33)17(24(27)36)23(35)26(12,38)22(34)15(10)20(32)16(11)19(13)31/h6,9-10,12,18,31,33-34,38H,1,7-8H2,2-5H3,(H2,27,36)(H,28,37)/t10?,12?,18-,26-/m0/s1. The van der Waals surface area contributed by atoms with Crippen molar-refractivity contribution in [2.75, 3.05) is 38.4 Å². The van der Waals surface area contributed by atoms with Crippen LogP contribution in [0.1, 0.15) is 22.3 Å². The van der Waals surface area contributed by atoms with Crippen molar-refractivity contribution in [3.05, 3.63) is 52.7 Å². The van der Waals surface area contributed by atoms with Crippen LogP contribution in [-0.4, -0.2) is 88.7 Å². The quantitative estimate of drug-likeness (QED) is 0.175. The molecule has 3 aliphatic rings. The summed E-state index contributed by atoms with van der Waals surface area (Å²) in [6.07, 6.45) is -0.0292. The number of rotatable bonds is 5. The highest BCUT2D eigenvalue weighted by atomic mass is 16.5. The smallest absolute Gasteiger partial charge is 0.416 e. The van der Waals surface area contributed by atoms with Gasteiger partial charge >= 0.3 is 6.09 Å². The molecule has 0 fully saturated rings. The number of hydrogen-bond acceptors (Lipinski definition) is 11. The van der Waals surface area contributed by atoms with Crippen molar-refractivity contribution in [3.63, 3.8) is 0 Å². The van der Waals surface area contributed by atoms with Crippen LogP contribution in [0.2, 0.25) is 0 Å². The van der Waals surface area contributed by atoms with E-state index in [0.717, 1.165) is 6.26 Å². The highest BCUT2D eigenvalue weighted by Gasteiger charge is 2.63. The predicted octanol–water partition coefficient (Wildman–Crippen LogP) is 0.879. The van der Waals surface area contributed by atoms with Gasteiger partial charge in [0.1, 0.15) is 17.1 Å². The molecular formula is C26H30N4O9. The van der Waals surface area contributed by atoms with E-state index in [0.29, 0.717) is 11.3 Å². The number of amides is 2. The zero-order chi connectivity index (χ0) is 29.1. The van der Waals surface area contributed by atoms with Crippen molar-refractivity contribution in [1.82, 2.24) is 4.90 Å². The van der Waals surface area contributed by atoms with Crippen molar-refractivity contribution >= 4 is 34.9 Å². The first kappa shape index (κ1) is 27.7. The van der Waals surface area contributed by atoms with Crippen molar-refractivity contribution in [2.45, 2.75) is 24.5 Å². The van der Waals surface area contributed by atoms with Gasteiger partial charge in [0.2, 0.25) is 5.78 Å². The molecule has 0 heterocycles. The van der Waals surface area contributed by atoms with Gasteiger partial charge in [-0.25, -0.2) is 4.79 Å². The van der Waals surface area contributed by atoms with Gasteiger partial charge in [0, 0.05) is 31.3 Å². The number of allylic oxidation sites excluding steroid dienone is 1. The number of ether oxygens (including phenoxy) is 1. The number of likely N-dealkylation sites (N-methyl/N-ethyl adjacent to an activating group) is 1. The van der Waals surface area contributed by atoms with Gasteiger partial charge in [0.25, 0.3) is 5.91 Å². The average Bonchev–Trinajstić information content (AvgIpc) is 2.82. The molecule has 0 saturated heterocycles. The molecule has 0 aliphatic heterocycles. The molecule has 4 atom stereocenters. The number of aromatic hydroxyl groups is 1. The Labute approximate surface area is 223 Å². The first-order valence-electron chi connectivity index (χ1n) is 12.0. The second-order valence-corrected chi connectivity index (χ2v) is 10.2. The summed E-state index contributed by atoms with van der Waals surface area (Å²) in [4.78, 5) is 54.5. The second kappa shape index (κ2) is 9.43. The number of aliphatic hydroxyl groups excluding tert-OH is 2. The summed E-state index contributed by atoms with van der Waals surface area (Å²) in [5.41, 5.74) is 1.91. The van der Waals surface area contributed by atoms with Crippen LogP contribution in [0.5, 0.6) is 5.75 Å². The molecule has 1 aromatic carbocycles. The maximum absolute atomic E-state index is 13.9. The Morgan fingerprint density at radius 2 is 1.85 bits per heavy atom. The number of phenols is 1. The molecule has 4 rings (SSSR count). The largest absolute Gasteiger partial charge is 0.510 e. The van der Waals surface area contributed by atoms with Crippen LogP contribution in [0, 0.1) is 11.8 Å². The Morgan fingerprint density at radius 1 is 1.21 bits per heavy atom. The van der Waals surface area contributed by atoms with Crippen LogP contribution in [0.15, 0.2) is 41.6 Å². The van der Waals surface area contributed by atoms with Crippen LogP contribution >= 0.6 is 0 Å². The number of phenolic OH excluding ortho intramolecular Hbond substituents is 1. The third-order valence-corrected chi connectivity index (χ3v) is 7.61. The maximum atomic E-state index is 13.9. The van der Waals surface area contributed by atoms with E-state index in [4.69, 9.17) is 5.73 Å². The van der Waals surface area contributed by atoms with Crippen molar-refractivity contribution < 1.29 is 44.3 Å². The number of primary amides is 1. The third kappa shape index (κ3) is 3.92. The van der Waals surface area contributed by atoms with Gasteiger partial charge in [0.15, 0.2) is 17.1 Å². The number of carbonyl (C=O) groups excluding carboxylic acids is 4. The zero-order valence-corrected chi connectivity index (χ0v) is 21.8. The number of ketones is 2. The molecule has 13 heteroatoms. The Hall–Kier alpha value is -4.36. The lowest BCUT2D eigenvalue weighted by Gasteiger charge is -2.50. The first-order chi connectivity index (χ1) is 18.2. The van der Waals surface area contributed by atoms with E-state index in [1.807, 2.05) is 0 Å². The molecule has 0 bridgehead atoms. The van der Waals surface area contributed by atoms with E-state index in [2.05, 4.69) is 16.6 Å². The molecule has 2 amide bonds. The summed E-state index contributed by atoms with van der Waals surface area (Å²) in [5, 5.41) is 47.3. The number of Topliss-reactive ketones (excluding diaryl/α,β-unsaturated/α-hetero) is 2. The molecule has 0 spiro atoms. The molecule has 7 N–H and O–H groups in total. The molecule has 208 valence electrons. The van der Waals surface area contributed by atoms with Gasteiger partial charge in [-0.15, -0.1) is 0 Å². The normalized spacial score (nSPS) is 26.1. The highest BCUT2D eigenvalue weighted by molar-refractivity contribution is 6.25. The SMILES string of the molecule is C=COC(=O)Nc1cc(N(C)C)c2c(c1O)C(=O)C1=C(O)[C@]3(O)C(=O)C(C(N)=O)=C(O)[C@@H](N(C)C)C3CC1C2. The number of anilines is 2. The topological polar surface area (TPSA) is 203 Å². The molecule has 1 aromatic rings. The monoisotopic (exact) mass is 542 g/mol. The number of fused-ring (bicyclic) bond motifs is 3. The number of aliphatic hydroxyl groups is 3. The molecule has 3 aliphatic carbocycles. The van der Waals surface area contributed by atoms with Gasteiger partial charge in [-0.05, 0) is 44.5 Å². The second-order valence-electron chi connectivity index (χ2n) is 10.2. The molecular weight excluding hydrogens is 512 g/mol. The number of nitrogens with one attached hydrogen (secondary N) is 1. The van der Waals surface area contributed by atoms with E-state index in [-0.39, 0.29) is 29.7 Å². The van der Waals surface area contributed by atoms with E-state index in [1.165, 1.54) is 11.0 Å². The molecule has 13 nitrogen and oxygen atoms in total. The van der Waals surface area contributed by atoms with Crippen LogP contribution in [0.3, 0.4) is 0 Å². The minimum atomic E-state index is -2.74. The number of hydrogen-bond donors (Lipinski definition) is 6. The molecule has 0 saturated carbocycles. The Morgan fingerprint density at radius 3 is 2.38 bits per heavy atom. The summed E-state index contributed by atoms with van der Waals surface area (Å²) in [7, 11) is 6.51. The van der Waals surface area contributed by atoms with Gasteiger partial charge in [-0.1, -0.05) is 6.58 Å². The molecule has 2 unspecified atom stereocenters. The minimum Gasteiger partial charge on any atom is -0.510 e. The van der Waals surface area contributed by atoms with Gasteiger partial charge in [0.05, 0.1) is 23.6 Å². The van der Waals surface area contributed by atoms with Crippen molar-refractivity contribution in [3.8, 4) is 5.75 Å². The maximum Gasteiger partial charge on any atom is 0.416 e. The van der Waals surface area contributed by atoms with E-state index in [1.54, 1.807) is 33.1 Å². The Bertz CT molecular complexity index is 1390. The number of nitrogens with two attached hydrogens (primary N) is 1. The van der Waals surface area contributed by atoms with Crippen LogP contribution in [0.4, 0.5) is 16.2 Å². The summed E-state index contributed by atoms with van der Waals surface area (Å²) in [6, 6.07) is 0.375. The number of benzene rings is 1. The fourth-order valence-corrected chi connectivity index (χ4v) is 6.01. The predicted molar refractivity (Wildman–Crippen MR) is 138 cm³/mol. The van der Waals surface area contributed by atoms with Gasteiger partial charge < -0.3 is 35.8 Å². The van der Waals surface area contributed by atoms with E-state index >= 15 is 0 Å². The summed E-state index contributed by atoms with van der Waals surface area (Å²) in [5.74, 6) is -7.57. The number of nitrogens with zero attached hydrogens (tertiary/aromatic N) is 2. The first-order valence-corrected chi connectivity index (χ1v) is 12.0. The number of carbonyl (C=O) groups is 4. The van der Waals surface area contributed by atoms with Gasteiger partial charge in [-0.2, -0.15) is 0 Å². The van der Waals surface area contributed by atoms with Gasteiger partial charge in [-0.3, -0.25) is 24.6 Å². The van der Waals surface area contributed by atoms with E-state index < -0.39 is 69.9 Å². The lowest BCUT2D eigenvalue weighted by molar-refractivity contribution is -0.148. The summed E-state index contributed by atoms with van der Waals surface area (Å²) < 4.78 is 4.64. The molecule has 0 aromatic heterocycles.